The lowest BCUT2D eigenvalue weighted by Gasteiger charge is -2.30. The van der Waals surface area contributed by atoms with Gasteiger partial charge in [0.05, 0.1) is 6.21 Å². The number of nitrogens with zero attached hydrogens (tertiary/aromatic N) is 3. The van der Waals surface area contributed by atoms with Gasteiger partial charge in [0, 0.05) is 31.1 Å². The van der Waals surface area contributed by atoms with Crippen LogP contribution in [0.2, 0.25) is 0 Å². The maximum Gasteiger partial charge on any atom is 0.0645 e. The molecule has 1 fully saturated rings. The molecule has 4 heteroatoms. The summed E-state index contributed by atoms with van der Waals surface area (Å²) in [4.78, 5) is 3.61. The number of hydrogen-bond acceptors (Lipinski definition) is 4. The minimum absolute atomic E-state index is 1.04. The lowest BCUT2D eigenvalue weighted by atomic mass is 10.3. The van der Waals surface area contributed by atoms with Crippen molar-refractivity contribution in [1.82, 2.24) is 9.91 Å². The van der Waals surface area contributed by atoms with Crippen LogP contribution in [0.15, 0.2) is 16.5 Å². The minimum Gasteiger partial charge on any atom is -0.303 e. The molecule has 1 aliphatic rings. The Bertz CT molecular complexity index is 337. The molecule has 0 unspecified atom stereocenters. The topological polar surface area (TPSA) is 18.8 Å². The fourth-order valence-corrected chi connectivity index (χ4v) is 2.34. The van der Waals surface area contributed by atoms with Gasteiger partial charge in [0.1, 0.15) is 0 Å². The molecule has 0 radical (unpaired) electrons. The molecule has 1 aromatic rings. The van der Waals surface area contributed by atoms with Gasteiger partial charge in [0.15, 0.2) is 0 Å². The Kier molecular flexibility index (Phi) is 3.38. The van der Waals surface area contributed by atoms with Gasteiger partial charge in [-0.15, -0.1) is 11.3 Å². The van der Waals surface area contributed by atoms with Crippen molar-refractivity contribution in [3.05, 3.63) is 21.9 Å². The first-order chi connectivity index (χ1) is 7.25. The quantitative estimate of drug-likeness (QED) is 0.710. The van der Waals surface area contributed by atoms with E-state index in [-0.39, 0.29) is 0 Å². The number of piperazine rings is 1. The maximum atomic E-state index is 4.51. The summed E-state index contributed by atoms with van der Waals surface area (Å²) < 4.78 is 0. The van der Waals surface area contributed by atoms with Crippen molar-refractivity contribution in [1.29, 1.82) is 0 Å². The van der Waals surface area contributed by atoms with Gasteiger partial charge < -0.3 is 4.90 Å². The van der Waals surface area contributed by atoms with Crippen molar-refractivity contribution < 1.29 is 0 Å². The first kappa shape index (κ1) is 10.6. The van der Waals surface area contributed by atoms with Gasteiger partial charge in [-0.3, -0.25) is 5.01 Å². The monoisotopic (exact) mass is 223 g/mol. The highest BCUT2D eigenvalue weighted by Gasteiger charge is 2.10. The van der Waals surface area contributed by atoms with Crippen molar-refractivity contribution in [2.24, 2.45) is 5.10 Å². The van der Waals surface area contributed by atoms with Crippen LogP contribution in [0.1, 0.15) is 10.4 Å². The molecule has 0 spiro atoms. The molecule has 0 aliphatic carbocycles. The summed E-state index contributed by atoms with van der Waals surface area (Å²) in [6, 6.07) is 2.13. The van der Waals surface area contributed by atoms with Gasteiger partial charge in [-0.1, -0.05) is 0 Å². The molecule has 2 rings (SSSR count). The Balaban J connectivity index is 1.92. The zero-order valence-corrected chi connectivity index (χ0v) is 10.1. The summed E-state index contributed by atoms with van der Waals surface area (Å²) in [7, 11) is 2.16. The molecule has 1 aliphatic heterocycles. The van der Waals surface area contributed by atoms with Gasteiger partial charge in [0.2, 0.25) is 0 Å². The number of hydrogen-bond donors (Lipinski definition) is 0. The lowest BCUT2D eigenvalue weighted by Crippen LogP contribution is -2.41. The van der Waals surface area contributed by atoms with E-state index in [0.717, 1.165) is 26.2 Å². The predicted molar refractivity (Wildman–Crippen MR) is 65.7 cm³/mol. The van der Waals surface area contributed by atoms with E-state index in [1.54, 1.807) is 11.3 Å². The van der Waals surface area contributed by atoms with E-state index in [2.05, 4.69) is 40.4 Å². The van der Waals surface area contributed by atoms with Crippen LogP contribution in [0.25, 0.3) is 0 Å². The summed E-state index contributed by atoms with van der Waals surface area (Å²) in [6.07, 6.45) is 1.99. The minimum atomic E-state index is 1.04. The average Bonchev–Trinajstić information content (AvgIpc) is 2.63. The van der Waals surface area contributed by atoms with Crippen molar-refractivity contribution in [3.63, 3.8) is 0 Å². The Morgan fingerprint density at radius 2 is 2.07 bits per heavy atom. The third-order valence-electron chi connectivity index (χ3n) is 2.72. The van der Waals surface area contributed by atoms with Gasteiger partial charge in [-0.05, 0) is 31.0 Å². The van der Waals surface area contributed by atoms with E-state index in [4.69, 9.17) is 0 Å². The van der Waals surface area contributed by atoms with Crippen molar-refractivity contribution in [2.45, 2.75) is 6.92 Å². The van der Waals surface area contributed by atoms with E-state index in [9.17, 15) is 0 Å². The fraction of sp³-hybridized carbons (Fsp3) is 0.545. The van der Waals surface area contributed by atoms with Crippen molar-refractivity contribution >= 4 is 17.6 Å². The summed E-state index contributed by atoms with van der Waals surface area (Å²) in [5.74, 6) is 0. The van der Waals surface area contributed by atoms with Crippen LogP contribution < -0.4 is 0 Å². The fourth-order valence-electron chi connectivity index (χ4n) is 1.56. The zero-order valence-electron chi connectivity index (χ0n) is 9.31. The number of hydrazone groups is 1. The second kappa shape index (κ2) is 4.77. The molecule has 0 N–H and O–H groups in total. The Morgan fingerprint density at radius 1 is 1.33 bits per heavy atom. The molecule has 0 atom stereocenters. The van der Waals surface area contributed by atoms with E-state index in [1.165, 1.54) is 10.4 Å². The summed E-state index contributed by atoms with van der Waals surface area (Å²) in [6.45, 7) is 6.43. The first-order valence-corrected chi connectivity index (χ1v) is 6.15. The van der Waals surface area contributed by atoms with Crippen LogP contribution in [0.3, 0.4) is 0 Å². The molecule has 3 nitrogen and oxygen atoms in total. The first-order valence-electron chi connectivity index (χ1n) is 5.27. The standard InChI is InChI=1S/C11H17N3S/c1-10-3-8-15-11(10)9-12-14-6-4-13(2)5-7-14/h3,8-9H,4-7H2,1-2H3/b12-9+. The molecule has 0 amide bonds. The Hall–Kier alpha value is -0.870. The third-order valence-corrected chi connectivity index (χ3v) is 3.67. The van der Waals surface area contributed by atoms with E-state index >= 15 is 0 Å². The van der Waals surface area contributed by atoms with Crippen LogP contribution in [0, 0.1) is 6.92 Å². The number of likely N-dealkylation sites (N-methyl/N-ethyl adjacent to an activating group) is 1. The second-order valence-corrected chi connectivity index (χ2v) is 4.92. The molecule has 15 heavy (non-hydrogen) atoms. The predicted octanol–water partition coefficient (Wildman–Crippen LogP) is 1.64. The van der Waals surface area contributed by atoms with Crippen LogP contribution in [-0.4, -0.2) is 49.4 Å². The van der Waals surface area contributed by atoms with E-state index < -0.39 is 0 Å². The van der Waals surface area contributed by atoms with E-state index in [0.29, 0.717) is 0 Å². The number of aryl methyl sites for hydroxylation is 1. The zero-order chi connectivity index (χ0) is 10.7. The summed E-state index contributed by atoms with van der Waals surface area (Å²) >= 11 is 1.75. The highest BCUT2D eigenvalue weighted by molar-refractivity contribution is 7.11. The largest absolute Gasteiger partial charge is 0.303 e. The highest BCUT2D eigenvalue weighted by Crippen LogP contribution is 2.13. The Labute approximate surface area is 95.0 Å². The van der Waals surface area contributed by atoms with Gasteiger partial charge in [-0.2, -0.15) is 5.10 Å². The molecular weight excluding hydrogens is 206 g/mol. The molecule has 2 heterocycles. The van der Waals surface area contributed by atoms with Gasteiger partial charge >= 0.3 is 0 Å². The number of rotatable bonds is 2. The molecular formula is C11H17N3S. The second-order valence-electron chi connectivity index (χ2n) is 3.97. The Morgan fingerprint density at radius 3 is 2.67 bits per heavy atom. The third kappa shape index (κ3) is 2.79. The lowest BCUT2D eigenvalue weighted by molar-refractivity contribution is 0.159. The average molecular weight is 223 g/mol. The van der Waals surface area contributed by atoms with Gasteiger partial charge in [0.25, 0.3) is 0 Å². The summed E-state index contributed by atoms with van der Waals surface area (Å²) in [5.41, 5.74) is 1.32. The highest BCUT2D eigenvalue weighted by atomic mass is 32.1. The summed E-state index contributed by atoms with van der Waals surface area (Å²) in [5, 5.41) is 8.78. The van der Waals surface area contributed by atoms with Gasteiger partial charge in [-0.25, -0.2) is 0 Å². The van der Waals surface area contributed by atoms with Crippen LogP contribution >= 0.6 is 11.3 Å². The molecule has 82 valence electrons. The van der Waals surface area contributed by atoms with Crippen LogP contribution in [0.5, 0.6) is 0 Å². The van der Waals surface area contributed by atoms with E-state index in [1.807, 2.05) is 6.21 Å². The molecule has 1 saturated heterocycles. The maximum absolute atomic E-state index is 4.51. The molecule has 0 bridgehead atoms. The smallest absolute Gasteiger partial charge is 0.0645 e. The molecule has 1 aromatic heterocycles. The van der Waals surface area contributed by atoms with Crippen LogP contribution in [-0.2, 0) is 0 Å². The normalized spacial score (nSPS) is 18.9. The molecule has 0 aromatic carbocycles. The van der Waals surface area contributed by atoms with Crippen molar-refractivity contribution in [3.8, 4) is 0 Å². The molecule has 0 saturated carbocycles. The number of thiophene rings is 1. The van der Waals surface area contributed by atoms with Crippen molar-refractivity contribution in [2.75, 3.05) is 33.2 Å². The SMILES string of the molecule is Cc1ccsc1/C=N/N1CCN(C)CC1. The van der Waals surface area contributed by atoms with Crippen LogP contribution in [0.4, 0.5) is 0 Å².